The Labute approximate surface area is 63.4 Å². The quantitative estimate of drug-likeness (QED) is 0.585. The van der Waals surface area contributed by atoms with Crippen molar-refractivity contribution >= 4 is 5.91 Å². The van der Waals surface area contributed by atoms with E-state index in [2.05, 4.69) is 5.10 Å². The van der Waals surface area contributed by atoms with Gasteiger partial charge in [-0.15, -0.1) is 0 Å². The van der Waals surface area contributed by atoms with Gasteiger partial charge in [0.05, 0.1) is 13.2 Å². The first-order valence-electron chi connectivity index (χ1n) is 3.18. The molecule has 60 valence electrons. The van der Waals surface area contributed by atoms with Crippen molar-refractivity contribution in [3.05, 3.63) is 18.0 Å². The van der Waals surface area contributed by atoms with Crippen molar-refractivity contribution in [2.45, 2.75) is 6.54 Å². The smallest absolute Gasteiger partial charge is 0.266 e. The maximum Gasteiger partial charge on any atom is 0.266 e. The molecule has 0 atom stereocenters. The maximum atomic E-state index is 10.6. The Morgan fingerprint density at radius 2 is 2.55 bits per heavy atom. The normalized spacial score (nSPS) is 9.91. The lowest BCUT2D eigenvalue weighted by Gasteiger charge is -2.00. The van der Waals surface area contributed by atoms with Crippen LogP contribution in [0.2, 0.25) is 0 Å². The second-order valence-electron chi connectivity index (χ2n) is 2.03. The van der Waals surface area contributed by atoms with Crippen LogP contribution >= 0.6 is 0 Å². The fourth-order valence-electron chi connectivity index (χ4n) is 0.815. The number of carbonyl (C=O) groups is 1. The van der Waals surface area contributed by atoms with E-state index in [0.29, 0.717) is 12.2 Å². The highest BCUT2D eigenvalue weighted by molar-refractivity contribution is 5.90. The van der Waals surface area contributed by atoms with Crippen molar-refractivity contribution < 1.29 is 9.90 Å². The molecule has 0 radical (unpaired) electrons. The maximum absolute atomic E-state index is 10.6. The number of nitrogens with two attached hydrogens (primary N) is 1. The summed E-state index contributed by atoms with van der Waals surface area (Å²) in [6.07, 6.45) is 1.47. The van der Waals surface area contributed by atoms with Gasteiger partial charge in [0.15, 0.2) is 0 Å². The molecule has 0 spiro atoms. The molecule has 1 aromatic rings. The van der Waals surface area contributed by atoms with E-state index in [1.165, 1.54) is 16.9 Å². The van der Waals surface area contributed by atoms with Gasteiger partial charge in [-0.2, -0.15) is 5.10 Å². The third kappa shape index (κ3) is 1.56. The molecule has 0 saturated heterocycles. The fourth-order valence-corrected chi connectivity index (χ4v) is 0.815. The predicted octanol–water partition coefficient (Wildman–Crippen LogP) is -1.03. The summed E-state index contributed by atoms with van der Waals surface area (Å²) in [4.78, 5) is 10.6. The highest BCUT2D eigenvalue weighted by Gasteiger charge is 2.05. The van der Waals surface area contributed by atoms with Crippen LogP contribution < -0.4 is 5.73 Å². The number of hydrogen-bond acceptors (Lipinski definition) is 3. The van der Waals surface area contributed by atoms with Crippen LogP contribution in [-0.4, -0.2) is 27.4 Å². The molecule has 0 aliphatic rings. The zero-order valence-corrected chi connectivity index (χ0v) is 5.90. The van der Waals surface area contributed by atoms with E-state index in [0.717, 1.165) is 0 Å². The summed E-state index contributed by atoms with van der Waals surface area (Å²) in [6.45, 7) is 0.243. The predicted molar refractivity (Wildman–Crippen MR) is 37.8 cm³/mol. The van der Waals surface area contributed by atoms with E-state index >= 15 is 0 Å². The van der Waals surface area contributed by atoms with Crippen LogP contribution in [0.1, 0.15) is 10.5 Å². The second kappa shape index (κ2) is 3.16. The van der Waals surface area contributed by atoms with E-state index in [9.17, 15) is 4.79 Å². The van der Waals surface area contributed by atoms with Crippen molar-refractivity contribution in [2.75, 3.05) is 6.61 Å². The molecular weight excluding hydrogens is 146 g/mol. The molecule has 0 aromatic carbocycles. The van der Waals surface area contributed by atoms with E-state index in [1.807, 2.05) is 0 Å². The zero-order valence-electron chi connectivity index (χ0n) is 5.90. The van der Waals surface area contributed by atoms with E-state index in [4.69, 9.17) is 10.8 Å². The molecule has 5 nitrogen and oxygen atoms in total. The van der Waals surface area contributed by atoms with Crippen molar-refractivity contribution in [1.82, 2.24) is 9.78 Å². The van der Waals surface area contributed by atoms with Gasteiger partial charge >= 0.3 is 0 Å². The fraction of sp³-hybridized carbons (Fsp3) is 0.333. The number of rotatable bonds is 3. The number of hydrogen-bond donors (Lipinski definition) is 2. The van der Waals surface area contributed by atoms with Crippen molar-refractivity contribution in [2.24, 2.45) is 5.73 Å². The molecule has 1 rings (SSSR count). The number of primary amides is 1. The molecule has 0 aliphatic carbocycles. The Morgan fingerprint density at radius 3 is 3.09 bits per heavy atom. The Kier molecular flexibility index (Phi) is 2.22. The highest BCUT2D eigenvalue weighted by Crippen LogP contribution is 1.95. The molecule has 0 unspecified atom stereocenters. The number of aliphatic hydroxyl groups excluding tert-OH is 1. The third-order valence-corrected chi connectivity index (χ3v) is 1.28. The lowest BCUT2D eigenvalue weighted by Crippen LogP contribution is -2.18. The number of nitrogens with zero attached hydrogens (tertiary/aromatic N) is 2. The standard InChI is InChI=1S/C6H9N3O2/c7-6(11)5-1-2-8-9(5)3-4-10/h1-2,10H,3-4H2,(H2,7,11). The van der Waals surface area contributed by atoms with Crippen LogP contribution in [0.15, 0.2) is 12.3 Å². The van der Waals surface area contributed by atoms with Gasteiger partial charge in [-0.05, 0) is 6.07 Å². The second-order valence-corrected chi connectivity index (χ2v) is 2.03. The van der Waals surface area contributed by atoms with Crippen LogP contribution in [0.5, 0.6) is 0 Å². The molecule has 3 N–H and O–H groups in total. The monoisotopic (exact) mass is 155 g/mol. The summed E-state index contributed by atoms with van der Waals surface area (Å²) in [5.41, 5.74) is 5.33. The Bertz CT molecular complexity index is 256. The van der Waals surface area contributed by atoms with Crippen LogP contribution in [0.4, 0.5) is 0 Å². The van der Waals surface area contributed by atoms with Gasteiger partial charge < -0.3 is 10.8 Å². The number of aliphatic hydroxyl groups is 1. The first kappa shape index (κ1) is 7.74. The van der Waals surface area contributed by atoms with Gasteiger partial charge in [-0.25, -0.2) is 0 Å². The molecule has 1 heterocycles. The molecule has 11 heavy (non-hydrogen) atoms. The summed E-state index contributed by atoms with van der Waals surface area (Å²) in [6, 6.07) is 1.51. The van der Waals surface area contributed by atoms with E-state index < -0.39 is 5.91 Å². The summed E-state index contributed by atoms with van der Waals surface area (Å²) in [7, 11) is 0. The molecule has 0 bridgehead atoms. The van der Waals surface area contributed by atoms with Crippen molar-refractivity contribution in [3.63, 3.8) is 0 Å². The minimum atomic E-state index is -0.532. The summed E-state index contributed by atoms with van der Waals surface area (Å²) in [5.74, 6) is -0.532. The van der Waals surface area contributed by atoms with Gasteiger partial charge in [-0.1, -0.05) is 0 Å². The van der Waals surface area contributed by atoms with Crippen LogP contribution in [0.3, 0.4) is 0 Å². The van der Waals surface area contributed by atoms with Crippen molar-refractivity contribution in [3.8, 4) is 0 Å². The third-order valence-electron chi connectivity index (χ3n) is 1.28. The first-order chi connectivity index (χ1) is 5.25. The highest BCUT2D eigenvalue weighted by atomic mass is 16.3. The van der Waals surface area contributed by atoms with Gasteiger partial charge in [0.1, 0.15) is 5.69 Å². The average molecular weight is 155 g/mol. The molecular formula is C6H9N3O2. The van der Waals surface area contributed by atoms with Crippen molar-refractivity contribution in [1.29, 1.82) is 0 Å². The lowest BCUT2D eigenvalue weighted by atomic mass is 10.4. The van der Waals surface area contributed by atoms with E-state index in [1.54, 1.807) is 0 Å². The first-order valence-corrected chi connectivity index (χ1v) is 3.18. The Hall–Kier alpha value is -1.36. The Balaban J connectivity index is 2.87. The average Bonchev–Trinajstić information content (AvgIpc) is 2.36. The summed E-state index contributed by atoms with van der Waals surface area (Å²) < 4.78 is 1.36. The van der Waals surface area contributed by atoms with Gasteiger partial charge in [0, 0.05) is 6.20 Å². The number of amides is 1. The van der Waals surface area contributed by atoms with Gasteiger partial charge in [0.2, 0.25) is 0 Å². The Morgan fingerprint density at radius 1 is 1.82 bits per heavy atom. The summed E-state index contributed by atoms with van der Waals surface area (Å²) in [5, 5.41) is 12.3. The van der Waals surface area contributed by atoms with Crippen LogP contribution in [-0.2, 0) is 6.54 Å². The molecule has 1 aromatic heterocycles. The zero-order chi connectivity index (χ0) is 8.27. The molecule has 1 amide bonds. The SMILES string of the molecule is NC(=O)c1ccnn1CCO. The number of carbonyl (C=O) groups excluding carboxylic acids is 1. The van der Waals surface area contributed by atoms with E-state index in [-0.39, 0.29) is 6.61 Å². The van der Waals surface area contributed by atoms with Crippen LogP contribution in [0.25, 0.3) is 0 Å². The minimum Gasteiger partial charge on any atom is -0.394 e. The van der Waals surface area contributed by atoms with Gasteiger partial charge in [-0.3, -0.25) is 9.48 Å². The molecule has 0 aliphatic heterocycles. The lowest BCUT2D eigenvalue weighted by molar-refractivity contribution is 0.0988. The topological polar surface area (TPSA) is 81.1 Å². The van der Waals surface area contributed by atoms with Gasteiger partial charge in [0.25, 0.3) is 5.91 Å². The number of aromatic nitrogens is 2. The molecule has 0 fully saturated rings. The molecule has 0 saturated carbocycles. The molecule has 5 heteroatoms. The summed E-state index contributed by atoms with van der Waals surface area (Å²) >= 11 is 0. The largest absolute Gasteiger partial charge is 0.394 e. The van der Waals surface area contributed by atoms with Crippen LogP contribution in [0, 0.1) is 0 Å². The minimum absolute atomic E-state index is 0.0536.